The van der Waals surface area contributed by atoms with Crippen LogP contribution in [0.4, 0.5) is 8.78 Å². The van der Waals surface area contributed by atoms with Gasteiger partial charge in [-0.2, -0.15) is 5.26 Å². The molecule has 0 heterocycles. The predicted molar refractivity (Wildman–Crippen MR) is 139 cm³/mol. The largest absolute Gasteiger partial charge is 0.389 e. The monoisotopic (exact) mass is 517 g/mol. The van der Waals surface area contributed by atoms with Gasteiger partial charge in [-0.15, -0.1) is 0 Å². The number of hydrogen-bond donors (Lipinski definition) is 3. The molecule has 0 aliphatic carbocycles. The zero-order chi connectivity index (χ0) is 28.0. The number of carbonyl (C=O) groups excluding carboxylic acids is 2. The van der Waals surface area contributed by atoms with Crippen molar-refractivity contribution in [3.8, 4) is 6.07 Å². The van der Waals surface area contributed by atoms with E-state index >= 15 is 0 Å². The molecule has 3 N–H and O–H groups in total. The molecule has 0 bridgehead atoms. The van der Waals surface area contributed by atoms with Crippen molar-refractivity contribution in [2.75, 3.05) is 13.1 Å². The fourth-order valence-electron chi connectivity index (χ4n) is 3.87. The van der Waals surface area contributed by atoms with Crippen LogP contribution in [0.5, 0.6) is 0 Å². The number of aryl methyl sites for hydroxylation is 1. The van der Waals surface area contributed by atoms with Crippen molar-refractivity contribution in [1.82, 2.24) is 10.2 Å². The number of nitriles is 1. The van der Waals surface area contributed by atoms with Crippen LogP contribution in [0.2, 0.25) is 0 Å². The Labute approximate surface area is 217 Å². The minimum Gasteiger partial charge on any atom is -0.389 e. The molecule has 3 unspecified atom stereocenters. The number of aliphatic hydroxyl groups excluding tert-OH is 2. The lowest BCUT2D eigenvalue weighted by Crippen LogP contribution is -2.48. The average Bonchev–Trinajstić information content (AvgIpc) is 2.86. The second-order valence-corrected chi connectivity index (χ2v) is 8.77. The first-order valence-corrected chi connectivity index (χ1v) is 12.4. The van der Waals surface area contributed by atoms with Gasteiger partial charge in [-0.25, -0.2) is 8.78 Å². The molecular formula is C28H37F2N3O4. The zero-order valence-corrected chi connectivity index (χ0v) is 21.9. The van der Waals surface area contributed by atoms with E-state index in [0.29, 0.717) is 35.9 Å². The Balaban J connectivity index is 3.31. The highest BCUT2D eigenvalue weighted by molar-refractivity contribution is 6.00. The predicted octanol–water partition coefficient (Wildman–Crippen LogP) is 4.66. The minimum atomic E-state index is -1.55. The van der Waals surface area contributed by atoms with Gasteiger partial charge in [0.1, 0.15) is 11.9 Å². The van der Waals surface area contributed by atoms with Gasteiger partial charge in [-0.1, -0.05) is 19.9 Å². The van der Waals surface area contributed by atoms with E-state index in [4.69, 9.17) is 5.26 Å². The Hall–Kier alpha value is -3.35. The van der Waals surface area contributed by atoms with Gasteiger partial charge in [-0.05, 0) is 68.5 Å². The summed E-state index contributed by atoms with van der Waals surface area (Å²) in [4.78, 5) is 28.0. The Bertz CT molecular complexity index is 1040. The van der Waals surface area contributed by atoms with Crippen LogP contribution >= 0.6 is 0 Å². The first kappa shape index (κ1) is 31.7. The third kappa shape index (κ3) is 10.3. The quantitative estimate of drug-likeness (QED) is 0.311. The van der Waals surface area contributed by atoms with Crippen molar-refractivity contribution in [2.45, 2.75) is 71.6 Å². The number of benzene rings is 1. The van der Waals surface area contributed by atoms with Gasteiger partial charge in [0.25, 0.3) is 11.8 Å². The third-order valence-electron chi connectivity index (χ3n) is 5.66. The number of nitrogens with one attached hydrogen (secondary N) is 1. The molecule has 0 spiro atoms. The number of amides is 2. The highest BCUT2D eigenvalue weighted by Gasteiger charge is 2.29. The maximum absolute atomic E-state index is 13.9. The molecule has 0 radical (unpaired) electrons. The van der Waals surface area contributed by atoms with Gasteiger partial charge in [-0.3, -0.25) is 9.59 Å². The SMILES string of the molecule is C\C=C(/C=C(F)\C=C\F)CC(NC(=O)c1cc(C)cc(C(=O)N(CCC)CCC)c1)C(O)C(O)CC#N. The maximum Gasteiger partial charge on any atom is 0.253 e. The van der Waals surface area contributed by atoms with E-state index in [2.05, 4.69) is 5.32 Å². The van der Waals surface area contributed by atoms with Crippen LogP contribution in [0.1, 0.15) is 72.7 Å². The number of rotatable bonds is 14. The number of halogens is 2. The smallest absolute Gasteiger partial charge is 0.253 e. The van der Waals surface area contributed by atoms with Crippen LogP contribution < -0.4 is 5.32 Å². The summed E-state index contributed by atoms with van der Waals surface area (Å²) < 4.78 is 26.2. The van der Waals surface area contributed by atoms with Crippen LogP contribution in [0, 0.1) is 18.3 Å². The van der Waals surface area contributed by atoms with Crippen LogP contribution in [0.25, 0.3) is 0 Å². The molecule has 0 aliphatic heterocycles. The average molecular weight is 518 g/mol. The lowest BCUT2D eigenvalue weighted by atomic mass is 9.95. The molecular weight excluding hydrogens is 480 g/mol. The molecule has 0 aliphatic rings. The van der Waals surface area contributed by atoms with Gasteiger partial charge in [0.2, 0.25) is 0 Å². The van der Waals surface area contributed by atoms with Crippen LogP contribution in [-0.4, -0.2) is 58.3 Å². The number of nitrogens with zero attached hydrogens (tertiary/aromatic N) is 2. The number of hydrogen-bond acceptors (Lipinski definition) is 5. The topological polar surface area (TPSA) is 114 Å². The Kier molecular flexibility index (Phi) is 14.0. The van der Waals surface area contributed by atoms with Gasteiger partial charge in [0, 0.05) is 30.3 Å². The summed E-state index contributed by atoms with van der Waals surface area (Å²) in [5, 5.41) is 32.4. The molecule has 1 aromatic carbocycles. The fraction of sp³-hybridized carbons (Fsp3) is 0.464. The molecule has 7 nitrogen and oxygen atoms in total. The molecule has 0 fully saturated rings. The summed E-state index contributed by atoms with van der Waals surface area (Å²) in [5.74, 6) is -1.69. The van der Waals surface area contributed by atoms with E-state index in [0.717, 1.165) is 18.9 Å². The zero-order valence-electron chi connectivity index (χ0n) is 21.9. The molecule has 2 amide bonds. The number of aliphatic hydroxyl groups is 2. The van der Waals surface area contributed by atoms with Gasteiger partial charge in [0.15, 0.2) is 0 Å². The molecule has 202 valence electrons. The molecule has 1 aromatic rings. The van der Waals surface area contributed by atoms with Crippen LogP contribution in [0.3, 0.4) is 0 Å². The van der Waals surface area contributed by atoms with Gasteiger partial charge >= 0.3 is 0 Å². The first-order chi connectivity index (χ1) is 17.6. The standard InChI is InChI=1S/C28H37F2N3O4/c1-5-12-33(13-6-2)28(37)22-15-19(4)14-21(18-22)27(36)32-24(26(35)25(34)9-11-31)17-20(7-3)16-23(30)8-10-29/h7-8,10,14-16,18,24-26,34-35H,5-6,9,12-13,17H2,1-4H3,(H,32,36)/b10-8+,20-7+,23-16+. The van der Waals surface area contributed by atoms with Crippen molar-refractivity contribution < 1.29 is 28.6 Å². The number of carbonyl (C=O) groups is 2. The molecule has 0 saturated heterocycles. The van der Waals surface area contributed by atoms with Gasteiger partial charge in [0.05, 0.1) is 31.0 Å². The third-order valence-corrected chi connectivity index (χ3v) is 5.66. The van der Waals surface area contributed by atoms with E-state index in [-0.39, 0.29) is 30.6 Å². The van der Waals surface area contributed by atoms with E-state index in [1.165, 1.54) is 12.1 Å². The highest BCUT2D eigenvalue weighted by atomic mass is 19.1. The summed E-state index contributed by atoms with van der Waals surface area (Å²) in [7, 11) is 0. The summed E-state index contributed by atoms with van der Waals surface area (Å²) in [6, 6.07) is 5.41. The van der Waals surface area contributed by atoms with E-state index in [1.54, 1.807) is 36.9 Å². The molecule has 3 atom stereocenters. The van der Waals surface area contributed by atoms with Crippen LogP contribution in [0.15, 0.2) is 54.2 Å². The Morgan fingerprint density at radius 3 is 2.32 bits per heavy atom. The summed E-state index contributed by atoms with van der Waals surface area (Å²) >= 11 is 0. The highest BCUT2D eigenvalue weighted by Crippen LogP contribution is 2.19. The first-order valence-electron chi connectivity index (χ1n) is 12.4. The van der Waals surface area contributed by atoms with E-state index < -0.39 is 30.0 Å². The van der Waals surface area contributed by atoms with Gasteiger partial charge < -0.3 is 20.4 Å². The van der Waals surface area contributed by atoms with Crippen LogP contribution in [-0.2, 0) is 0 Å². The van der Waals surface area contributed by atoms with Crippen molar-refractivity contribution >= 4 is 11.8 Å². The molecule has 9 heteroatoms. The Morgan fingerprint density at radius 2 is 1.78 bits per heavy atom. The summed E-state index contributed by atoms with van der Waals surface area (Å²) in [5.41, 5.74) is 1.53. The Morgan fingerprint density at radius 1 is 1.16 bits per heavy atom. The maximum atomic E-state index is 13.9. The number of allylic oxidation sites excluding steroid dienone is 4. The minimum absolute atomic E-state index is 0.0443. The molecule has 1 rings (SSSR count). The van der Waals surface area contributed by atoms with Crippen molar-refractivity contribution in [3.05, 3.63) is 70.8 Å². The molecule has 0 saturated carbocycles. The van der Waals surface area contributed by atoms with Crippen molar-refractivity contribution in [3.63, 3.8) is 0 Å². The molecule has 37 heavy (non-hydrogen) atoms. The normalized spacial score (nSPS) is 14.7. The van der Waals surface area contributed by atoms with Crippen molar-refractivity contribution in [1.29, 1.82) is 5.26 Å². The lowest BCUT2D eigenvalue weighted by molar-refractivity contribution is -0.000187. The fourth-order valence-corrected chi connectivity index (χ4v) is 3.87. The summed E-state index contributed by atoms with van der Waals surface area (Å²) in [6.07, 6.45) is 1.27. The summed E-state index contributed by atoms with van der Waals surface area (Å²) in [6.45, 7) is 8.48. The molecule has 0 aromatic heterocycles. The van der Waals surface area contributed by atoms with E-state index in [1.807, 2.05) is 13.8 Å². The second kappa shape index (κ2) is 16.4. The van der Waals surface area contributed by atoms with Crippen molar-refractivity contribution in [2.24, 2.45) is 0 Å². The lowest BCUT2D eigenvalue weighted by Gasteiger charge is -2.27. The second-order valence-electron chi connectivity index (χ2n) is 8.77. The van der Waals surface area contributed by atoms with E-state index in [9.17, 15) is 28.6 Å².